The number of benzene rings is 1. The van der Waals surface area contributed by atoms with Crippen molar-refractivity contribution in [1.82, 2.24) is 15.0 Å². The lowest BCUT2D eigenvalue weighted by atomic mass is 10.1. The maximum atomic E-state index is 13.8. The molecule has 0 unspecified atom stereocenters. The van der Waals surface area contributed by atoms with Gasteiger partial charge in [-0.2, -0.15) is 0 Å². The molecule has 0 aliphatic heterocycles. The van der Waals surface area contributed by atoms with Gasteiger partial charge in [-0.15, -0.1) is 0 Å². The average Bonchev–Trinajstić information content (AvgIpc) is 2.87. The summed E-state index contributed by atoms with van der Waals surface area (Å²) in [5.41, 5.74) is 6.98. The molecular formula is C15H10F2N4O. The fourth-order valence-electron chi connectivity index (χ4n) is 2.04. The molecule has 0 saturated carbocycles. The first-order valence-corrected chi connectivity index (χ1v) is 6.31. The van der Waals surface area contributed by atoms with Crippen molar-refractivity contribution in [2.45, 2.75) is 0 Å². The van der Waals surface area contributed by atoms with Gasteiger partial charge in [0.2, 0.25) is 5.91 Å². The van der Waals surface area contributed by atoms with E-state index < -0.39 is 17.5 Å². The van der Waals surface area contributed by atoms with Crippen LogP contribution in [0.15, 0.2) is 36.7 Å². The van der Waals surface area contributed by atoms with Crippen molar-refractivity contribution in [3.8, 4) is 11.3 Å². The van der Waals surface area contributed by atoms with Crippen molar-refractivity contribution in [3.63, 3.8) is 0 Å². The zero-order valence-electron chi connectivity index (χ0n) is 11.2. The number of amides is 1. The molecule has 2 heterocycles. The lowest BCUT2D eigenvalue weighted by Crippen LogP contribution is -2.05. The lowest BCUT2D eigenvalue weighted by Gasteiger charge is -2.03. The van der Waals surface area contributed by atoms with Gasteiger partial charge in [-0.3, -0.25) is 4.79 Å². The molecule has 0 aliphatic rings. The van der Waals surface area contributed by atoms with Crippen molar-refractivity contribution < 1.29 is 13.6 Å². The number of fused-ring (bicyclic) bond motifs is 1. The number of primary amides is 1. The van der Waals surface area contributed by atoms with E-state index in [0.717, 1.165) is 12.1 Å². The van der Waals surface area contributed by atoms with Crippen LogP contribution in [0.4, 0.5) is 8.78 Å². The number of hydrogen-bond acceptors (Lipinski definition) is 3. The molecule has 0 fully saturated rings. The van der Waals surface area contributed by atoms with E-state index in [2.05, 4.69) is 15.0 Å². The average molecular weight is 300 g/mol. The summed E-state index contributed by atoms with van der Waals surface area (Å²) in [7, 11) is 0. The minimum atomic E-state index is -0.724. The first kappa shape index (κ1) is 13.9. The Bertz CT molecular complexity index is 902. The number of nitrogens with zero attached hydrogens (tertiary/aromatic N) is 2. The van der Waals surface area contributed by atoms with E-state index in [4.69, 9.17) is 5.73 Å². The fourth-order valence-corrected chi connectivity index (χ4v) is 2.04. The number of hydrogen-bond donors (Lipinski definition) is 2. The van der Waals surface area contributed by atoms with Crippen LogP contribution in [-0.2, 0) is 4.79 Å². The van der Waals surface area contributed by atoms with Gasteiger partial charge in [0.25, 0.3) is 0 Å². The number of nitrogens with two attached hydrogens (primary N) is 1. The zero-order chi connectivity index (χ0) is 15.7. The molecule has 1 aromatic carbocycles. The molecule has 2 aromatic heterocycles. The summed E-state index contributed by atoms with van der Waals surface area (Å²) in [6, 6.07) is 3.23. The molecule has 5 nitrogen and oxygen atoms in total. The SMILES string of the molecule is NC(=O)/C=C/c1c[nH]c2ncc(-c3ccc(F)cc3F)nc12. The first-order chi connectivity index (χ1) is 10.5. The second-order valence-electron chi connectivity index (χ2n) is 4.56. The third kappa shape index (κ3) is 2.56. The maximum Gasteiger partial charge on any atom is 0.241 e. The van der Waals surface area contributed by atoms with E-state index in [-0.39, 0.29) is 11.3 Å². The number of halogens is 2. The molecule has 22 heavy (non-hydrogen) atoms. The standard InChI is InChI=1S/C15H10F2N4O/c16-9-2-3-10(11(17)5-9)12-7-20-15-14(21-12)8(6-19-15)1-4-13(18)22/h1-7H,(H2,18,22)(H,19,20)/b4-1+. The largest absolute Gasteiger partial charge is 0.366 e. The Morgan fingerprint density at radius 3 is 2.86 bits per heavy atom. The van der Waals surface area contributed by atoms with Crippen LogP contribution in [0.2, 0.25) is 0 Å². The quantitative estimate of drug-likeness (QED) is 0.728. The zero-order valence-corrected chi connectivity index (χ0v) is 11.2. The van der Waals surface area contributed by atoms with Crippen LogP contribution in [0.5, 0.6) is 0 Å². The van der Waals surface area contributed by atoms with Crippen LogP contribution in [0.3, 0.4) is 0 Å². The summed E-state index contributed by atoms with van der Waals surface area (Å²) in [6.07, 6.45) is 5.67. The molecule has 110 valence electrons. The predicted molar refractivity (Wildman–Crippen MR) is 77.5 cm³/mol. The molecule has 3 N–H and O–H groups in total. The fraction of sp³-hybridized carbons (Fsp3) is 0. The second-order valence-corrected chi connectivity index (χ2v) is 4.56. The van der Waals surface area contributed by atoms with Gasteiger partial charge in [-0.05, 0) is 18.2 Å². The Hall–Kier alpha value is -3.09. The summed E-state index contributed by atoms with van der Waals surface area (Å²) in [5, 5.41) is 0. The van der Waals surface area contributed by atoms with Gasteiger partial charge in [0.05, 0.1) is 11.9 Å². The number of H-pyrrole nitrogens is 1. The van der Waals surface area contributed by atoms with Gasteiger partial charge in [-0.1, -0.05) is 0 Å². The van der Waals surface area contributed by atoms with Crippen LogP contribution >= 0.6 is 0 Å². The van der Waals surface area contributed by atoms with E-state index in [1.807, 2.05) is 0 Å². The van der Waals surface area contributed by atoms with Crippen molar-refractivity contribution >= 4 is 23.1 Å². The second kappa shape index (κ2) is 5.36. The van der Waals surface area contributed by atoms with Crippen LogP contribution in [-0.4, -0.2) is 20.9 Å². The van der Waals surface area contributed by atoms with Gasteiger partial charge in [0.15, 0.2) is 5.65 Å². The Balaban J connectivity index is 2.12. The van der Waals surface area contributed by atoms with E-state index in [9.17, 15) is 13.6 Å². The number of carbonyl (C=O) groups is 1. The third-order valence-corrected chi connectivity index (χ3v) is 3.04. The van der Waals surface area contributed by atoms with Crippen LogP contribution in [0.25, 0.3) is 28.5 Å². The Labute approximate surface area is 123 Å². The van der Waals surface area contributed by atoms with E-state index in [1.165, 1.54) is 24.4 Å². The molecule has 0 atom stereocenters. The maximum absolute atomic E-state index is 13.8. The molecular weight excluding hydrogens is 290 g/mol. The Kier molecular flexibility index (Phi) is 3.38. The van der Waals surface area contributed by atoms with Crippen molar-refractivity contribution in [2.75, 3.05) is 0 Å². The van der Waals surface area contributed by atoms with Gasteiger partial charge in [-0.25, -0.2) is 18.7 Å². The van der Waals surface area contributed by atoms with Crippen LogP contribution in [0.1, 0.15) is 5.56 Å². The molecule has 0 aliphatic carbocycles. The Morgan fingerprint density at radius 2 is 2.14 bits per heavy atom. The lowest BCUT2D eigenvalue weighted by molar-refractivity contribution is -0.113. The Morgan fingerprint density at radius 1 is 1.32 bits per heavy atom. The molecule has 0 radical (unpaired) electrons. The highest BCUT2D eigenvalue weighted by Gasteiger charge is 2.11. The smallest absolute Gasteiger partial charge is 0.241 e. The van der Waals surface area contributed by atoms with Crippen LogP contribution in [0, 0.1) is 11.6 Å². The third-order valence-electron chi connectivity index (χ3n) is 3.04. The minimum absolute atomic E-state index is 0.141. The summed E-state index contributed by atoms with van der Waals surface area (Å²) >= 11 is 0. The molecule has 0 saturated heterocycles. The summed E-state index contributed by atoms with van der Waals surface area (Å²) in [4.78, 5) is 22.1. The highest BCUT2D eigenvalue weighted by Crippen LogP contribution is 2.24. The van der Waals surface area contributed by atoms with E-state index in [0.29, 0.717) is 16.7 Å². The number of aromatic nitrogens is 3. The van der Waals surface area contributed by atoms with Gasteiger partial charge in [0.1, 0.15) is 17.2 Å². The number of aromatic amines is 1. The first-order valence-electron chi connectivity index (χ1n) is 6.31. The van der Waals surface area contributed by atoms with Gasteiger partial charge in [0, 0.05) is 29.5 Å². The van der Waals surface area contributed by atoms with Gasteiger partial charge >= 0.3 is 0 Å². The summed E-state index contributed by atoms with van der Waals surface area (Å²) < 4.78 is 26.8. The minimum Gasteiger partial charge on any atom is -0.366 e. The normalized spacial score (nSPS) is 11.4. The van der Waals surface area contributed by atoms with Crippen LogP contribution < -0.4 is 5.73 Å². The number of rotatable bonds is 3. The van der Waals surface area contributed by atoms with Gasteiger partial charge < -0.3 is 10.7 Å². The molecule has 0 bridgehead atoms. The van der Waals surface area contributed by atoms with Crippen molar-refractivity contribution in [1.29, 1.82) is 0 Å². The summed E-state index contributed by atoms with van der Waals surface area (Å²) in [5.74, 6) is -1.98. The van der Waals surface area contributed by atoms with Crippen molar-refractivity contribution in [2.24, 2.45) is 5.73 Å². The van der Waals surface area contributed by atoms with E-state index in [1.54, 1.807) is 6.20 Å². The molecule has 7 heteroatoms. The molecule has 3 rings (SSSR count). The molecule has 1 amide bonds. The molecule has 0 spiro atoms. The molecule has 3 aromatic rings. The number of nitrogens with one attached hydrogen (secondary N) is 1. The summed E-state index contributed by atoms with van der Waals surface area (Å²) in [6.45, 7) is 0. The van der Waals surface area contributed by atoms with E-state index >= 15 is 0 Å². The highest BCUT2D eigenvalue weighted by atomic mass is 19.1. The van der Waals surface area contributed by atoms with Crippen molar-refractivity contribution in [3.05, 3.63) is 53.9 Å². The number of carbonyl (C=O) groups excluding carboxylic acids is 1. The monoisotopic (exact) mass is 300 g/mol. The topological polar surface area (TPSA) is 84.7 Å². The highest BCUT2D eigenvalue weighted by molar-refractivity contribution is 5.93. The predicted octanol–water partition coefficient (Wildman–Crippen LogP) is 2.40.